The van der Waals surface area contributed by atoms with E-state index in [1.165, 1.54) is 218 Å². The highest BCUT2D eigenvalue weighted by Gasteiger charge is 2.19. The molecule has 0 radical (unpaired) electrons. The molecule has 64 heavy (non-hydrogen) atoms. The summed E-state index contributed by atoms with van der Waals surface area (Å²) in [5.41, 5.74) is 0. The van der Waals surface area contributed by atoms with E-state index in [1.54, 1.807) is 0 Å². The molecule has 0 rings (SSSR count). The molecule has 0 aromatic rings. The monoisotopic (exact) mass is 903 g/mol. The fraction of sp³-hybridized carbons (Fsp3) is 0.914. The highest BCUT2D eigenvalue weighted by molar-refractivity contribution is 5.71. The SMILES string of the molecule is CCCC/C=C\CCCCCCCC(=O)OCC(COC(=O)CCCCCCCCCCCCCCCCCCCC)OC(=O)CCCCCCCCCCCCCCCCCCC. The summed E-state index contributed by atoms with van der Waals surface area (Å²) >= 11 is 0. The molecule has 0 aliphatic heterocycles. The average Bonchev–Trinajstić information content (AvgIpc) is 3.29. The van der Waals surface area contributed by atoms with Gasteiger partial charge in [0.25, 0.3) is 0 Å². The van der Waals surface area contributed by atoms with Crippen LogP contribution in [0.5, 0.6) is 0 Å². The number of rotatable bonds is 53. The van der Waals surface area contributed by atoms with Gasteiger partial charge in [0.05, 0.1) is 0 Å². The maximum absolute atomic E-state index is 12.8. The number of hydrogen-bond acceptors (Lipinski definition) is 6. The molecule has 6 heteroatoms. The van der Waals surface area contributed by atoms with Crippen LogP contribution in [0.4, 0.5) is 0 Å². The van der Waals surface area contributed by atoms with Crippen LogP contribution in [0.2, 0.25) is 0 Å². The number of carbonyl (C=O) groups is 3. The molecule has 0 aliphatic carbocycles. The number of allylic oxidation sites excluding steroid dienone is 2. The van der Waals surface area contributed by atoms with Crippen molar-refractivity contribution in [2.75, 3.05) is 13.2 Å². The van der Waals surface area contributed by atoms with Crippen LogP contribution >= 0.6 is 0 Å². The summed E-state index contributed by atoms with van der Waals surface area (Å²) in [4.78, 5) is 38.1. The van der Waals surface area contributed by atoms with Crippen molar-refractivity contribution in [1.29, 1.82) is 0 Å². The Labute approximate surface area is 399 Å². The van der Waals surface area contributed by atoms with Crippen molar-refractivity contribution in [2.24, 2.45) is 0 Å². The van der Waals surface area contributed by atoms with Gasteiger partial charge in [-0.25, -0.2) is 0 Å². The van der Waals surface area contributed by atoms with Gasteiger partial charge in [0, 0.05) is 19.3 Å². The topological polar surface area (TPSA) is 78.9 Å². The normalized spacial score (nSPS) is 12.0. The third-order valence-electron chi connectivity index (χ3n) is 13.0. The molecule has 1 atom stereocenters. The number of carbonyl (C=O) groups excluding carboxylic acids is 3. The first-order valence-electron chi connectivity index (χ1n) is 28.7. The van der Waals surface area contributed by atoms with E-state index in [2.05, 4.69) is 32.9 Å². The van der Waals surface area contributed by atoms with Crippen LogP contribution in [0.15, 0.2) is 12.2 Å². The predicted molar refractivity (Wildman–Crippen MR) is 275 cm³/mol. The highest BCUT2D eigenvalue weighted by Crippen LogP contribution is 2.17. The molecule has 0 saturated carbocycles. The largest absolute Gasteiger partial charge is 0.462 e. The maximum atomic E-state index is 12.8. The van der Waals surface area contributed by atoms with Gasteiger partial charge in [0.15, 0.2) is 6.10 Å². The maximum Gasteiger partial charge on any atom is 0.306 e. The van der Waals surface area contributed by atoms with Gasteiger partial charge >= 0.3 is 17.9 Å². The zero-order valence-corrected chi connectivity index (χ0v) is 43.3. The Hall–Kier alpha value is -1.85. The third kappa shape index (κ3) is 51.1. The average molecular weight is 904 g/mol. The zero-order valence-electron chi connectivity index (χ0n) is 43.3. The minimum absolute atomic E-state index is 0.0666. The second-order valence-corrected chi connectivity index (χ2v) is 19.6. The summed E-state index contributed by atoms with van der Waals surface area (Å²) in [6, 6.07) is 0. The molecule has 0 bridgehead atoms. The van der Waals surface area contributed by atoms with E-state index >= 15 is 0 Å². The van der Waals surface area contributed by atoms with E-state index in [-0.39, 0.29) is 31.1 Å². The van der Waals surface area contributed by atoms with E-state index in [0.29, 0.717) is 19.3 Å². The van der Waals surface area contributed by atoms with Crippen molar-refractivity contribution in [3.63, 3.8) is 0 Å². The van der Waals surface area contributed by atoms with Gasteiger partial charge < -0.3 is 14.2 Å². The summed E-state index contributed by atoms with van der Waals surface area (Å²) in [6.45, 7) is 6.65. The minimum Gasteiger partial charge on any atom is -0.462 e. The van der Waals surface area contributed by atoms with E-state index in [1.807, 2.05) is 0 Å². The molecule has 0 spiro atoms. The molecule has 0 aromatic carbocycles. The fourth-order valence-electron chi connectivity index (χ4n) is 8.66. The minimum atomic E-state index is -0.767. The van der Waals surface area contributed by atoms with Gasteiger partial charge in [-0.1, -0.05) is 277 Å². The van der Waals surface area contributed by atoms with Crippen molar-refractivity contribution in [2.45, 2.75) is 329 Å². The summed E-state index contributed by atoms with van der Waals surface area (Å²) < 4.78 is 16.9. The molecule has 6 nitrogen and oxygen atoms in total. The summed E-state index contributed by atoms with van der Waals surface area (Å²) in [5, 5.41) is 0. The summed E-state index contributed by atoms with van der Waals surface area (Å²) in [6.07, 6.45) is 60.6. The van der Waals surface area contributed by atoms with Crippen LogP contribution in [0.25, 0.3) is 0 Å². The van der Waals surface area contributed by atoms with Gasteiger partial charge in [-0.2, -0.15) is 0 Å². The molecular weight excluding hydrogens is 793 g/mol. The molecule has 0 saturated heterocycles. The summed E-state index contributed by atoms with van der Waals surface area (Å²) in [7, 11) is 0. The Bertz CT molecular complexity index is 993. The first-order chi connectivity index (χ1) is 31.5. The summed E-state index contributed by atoms with van der Waals surface area (Å²) in [5.74, 6) is -0.853. The Morgan fingerprint density at radius 2 is 0.531 bits per heavy atom. The fourth-order valence-corrected chi connectivity index (χ4v) is 8.66. The quantitative estimate of drug-likeness (QED) is 0.0262. The van der Waals surface area contributed by atoms with Gasteiger partial charge in [-0.3, -0.25) is 14.4 Å². The Balaban J connectivity index is 4.26. The number of ether oxygens (including phenoxy) is 3. The zero-order chi connectivity index (χ0) is 46.5. The lowest BCUT2D eigenvalue weighted by atomic mass is 10.0. The van der Waals surface area contributed by atoms with E-state index < -0.39 is 6.10 Å². The molecule has 1 unspecified atom stereocenters. The van der Waals surface area contributed by atoms with Gasteiger partial charge in [0.2, 0.25) is 0 Å². The lowest BCUT2D eigenvalue weighted by molar-refractivity contribution is -0.167. The molecular formula is C58H110O6. The van der Waals surface area contributed by atoms with Crippen molar-refractivity contribution < 1.29 is 28.6 Å². The number of esters is 3. The molecule has 0 heterocycles. The lowest BCUT2D eigenvalue weighted by Gasteiger charge is -2.18. The van der Waals surface area contributed by atoms with Crippen LogP contribution in [0, 0.1) is 0 Å². The van der Waals surface area contributed by atoms with E-state index in [0.717, 1.165) is 64.2 Å². The first-order valence-corrected chi connectivity index (χ1v) is 28.7. The van der Waals surface area contributed by atoms with Crippen LogP contribution in [0.1, 0.15) is 323 Å². The van der Waals surface area contributed by atoms with Crippen LogP contribution in [-0.2, 0) is 28.6 Å². The molecule has 0 aliphatic rings. The van der Waals surface area contributed by atoms with Crippen molar-refractivity contribution in [1.82, 2.24) is 0 Å². The molecule has 0 amide bonds. The van der Waals surface area contributed by atoms with Gasteiger partial charge in [-0.05, 0) is 38.5 Å². The van der Waals surface area contributed by atoms with Crippen molar-refractivity contribution >= 4 is 17.9 Å². The van der Waals surface area contributed by atoms with Crippen LogP contribution in [0.3, 0.4) is 0 Å². The number of hydrogen-bond donors (Lipinski definition) is 0. The Morgan fingerprint density at radius 3 is 0.828 bits per heavy atom. The molecule has 0 N–H and O–H groups in total. The Morgan fingerprint density at radius 1 is 0.297 bits per heavy atom. The second kappa shape index (κ2) is 53.8. The number of unbranched alkanes of at least 4 members (excludes halogenated alkanes) is 40. The molecule has 378 valence electrons. The third-order valence-corrected chi connectivity index (χ3v) is 13.0. The van der Waals surface area contributed by atoms with Gasteiger partial charge in [-0.15, -0.1) is 0 Å². The van der Waals surface area contributed by atoms with E-state index in [9.17, 15) is 14.4 Å². The second-order valence-electron chi connectivity index (χ2n) is 19.6. The smallest absolute Gasteiger partial charge is 0.306 e. The molecule has 0 fully saturated rings. The van der Waals surface area contributed by atoms with E-state index in [4.69, 9.17) is 14.2 Å². The van der Waals surface area contributed by atoms with Crippen LogP contribution in [-0.4, -0.2) is 37.2 Å². The van der Waals surface area contributed by atoms with Gasteiger partial charge in [0.1, 0.15) is 13.2 Å². The highest BCUT2D eigenvalue weighted by atomic mass is 16.6. The molecule has 0 aromatic heterocycles. The van der Waals surface area contributed by atoms with Crippen molar-refractivity contribution in [3.05, 3.63) is 12.2 Å². The van der Waals surface area contributed by atoms with Crippen molar-refractivity contribution in [3.8, 4) is 0 Å². The standard InChI is InChI=1S/C58H110O6/c1-4-7-10-13-16-19-22-24-26-28-30-31-33-36-39-42-45-48-51-57(60)63-54-55(53-62-56(59)50-47-44-41-38-35-21-18-15-12-9-6-3)64-58(61)52-49-46-43-40-37-34-32-29-27-25-23-20-17-14-11-8-5-2/h15,18,55H,4-14,16-17,19-54H2,1-3H3/b18-15-. The van der Waals surface area contributed by atoms with Crippen LogP contribution < -0.4 is 0 Å². The first kappa shape index (κ1) is 62.1. The lowest BCUT2D eigenvalue weighted by Crippen LogP contribution is -2.30. The predicted octanol–water partition coefficient (Wildman–Crippen LogP) is 18.9. The Kier molecular flexibility index (Phi) is 52.2.